The highest BCUT2D eigenvalue weighted by atomic mass is 16.7. The number of hydrogen-bond donors (Lipinski definition) is 3. The van der Waals surface area contributed by atoms with Gasteiger partial charge in [-0.2, -0.15) is 0 Å². The van der Waals surface area contributed by atoms with Crippen molar-refractivity contribution in [2.24, 2.45) is 16.7 Å². The highest BCUT2D eigenvalue weighted by Gasteiger charge is 2.79. The van der Waals surface area contributed by atoms with Gasteiger partial charge in [0.2, 0.25) is 0 Å². The van der Waals surface area contributed by atoms with E-state index in [4.69, 9.17) is 33.2 Å². The molecular formula is C49H53NO16. The third-order valence-electron chi connectivity index (χ3n) is 13.9. The van der Waals surface area contributed by atoms with Crippen LogP contribution in [0.5, 0.6) is 0 Å². The molecule has 1 saturated heterocycles. The first-order chi connectivity index (χ1) is 31.2. The number of rotatable bonds is 11. The van der Waals surface area contributed by atoms with Crippen molar-refractivity contribution >= 4 is 41.7 Å². The monoisotopic (exact) mass is 911 g/mol. The topological polar surface area (TPSA) is 237 Å². The molecule has 3 N–H and O–H groups in total. The Bertz CT molecular complexity index is 2420. The summed E-state index contributed by atoms with van der Waals surface area (Å²) in [5, 5.41) is 28.4. The molecule has 3 aromatic carbocycles. The lowest BCUT2D eigenvalue weighted by Gasteiger charge is -2.67. The number of carbonyl (C=O) groups excluding carboxylic acids is 7. The van der Waals surface area contributed by atoms with Crippen LogP contribution in [0.2, 0.25) is 0 Å². The van der Waals surface area contributed by atoms with Gasteiger partial charge in [-0.1, -0.05) is 80.6 Å². The third kappa shape index (κ3) is 8.13. The number of aliphatic hydroxyl groups is 2. The molecule has 17 nitrogen and oxygen atoms in total. The third-order valence-corrected chi connectivity index (χ3v) is 13.9. The number of esters is 4. The summed E-state index contributed by atoms with van der Waals surface area (Å²) in [5.74, 6) is -7.14. The lowest BCUT2D eigenvalue weighted by atomic mass is 9.44. The molecule has 0 aromatic heterocycles. The van der Waals surface area contributed by atoms with Gasteiger partial charge in [0.25, 0.3) is 5.91 Å². The lowest BCUT2D eigenvalue weighted by molar-refractivity contribution is -0.346. The predicted molar refractivity (Wildman–Crippen MR) is 229 cm³/mol. The number of aliphatic hydroxyl groups excluding tert-OH is 1. The van der Waals surface area contributed by atoms with Gasteiger partial charge in [-0.25, -0.2) is 14.4 Å². The second-order valence-corrected chi connectivity index (χ2v) is 17.9. The Labute approximate surface area is 380 Å². The number of methoxy groups -OCH3 is 1. The minimum atomic E-state index is -2.46. The predicted octanol–water partition coefficient (Wildman–Crippen LogP) is 4.53. The fourth-order valence-electron chi connectivity index (χ4n) is 10.5. The summed E-state index contributed by atoms with van der Waals surface area (Å²) in [6.07, 6.45) is -12.1. The van der Waals surface area contributed by atoms with E-state index >= 15 is 4.79 Å². The quantitative estimate of drug-likeness (QED) is 0.136. The summed E-state index contributed by atoms with van der Waals surface area (Å²) >= 11 is 0. The number of ether oxygens (including phenoxy) is 7. The van der Waals surface area contributed by atoms with E-state index in [1.54, 1.807) is 78.9 Å². The molecule has 2 saturated carbocycles. The number of amides is 1. The van der Waals surface area contributed by atoms with E-state index in [0.717, 1.165) is 21.0 Å². The number of carbonyl (C=O) groups is 7. The summed E-state index contributed by atoms with van der Waals surface area (Å²) in [7, 11) is 1.06. The zero-order valence-corrected chi connectivity index (χ0v) is 37.5. The average Bonchev–Trinajstić information content (AvgIpc) is 3.28. The van der Waals surface area contributed by atoms with Crippen LogP contribution in [0.15, 0.2) is 102 Å². The molecule has 3 aromatic rings. The van der Waals surface area contributed by atoms with Crippen LogP contribution in [0, 0.1) is 16.7 Å². The molecule has 1 amide bonds. The van der Waals surface area contributed by atoms with Crippen molar-refractivity contribution in [2.75, 3.05) is 13.7 Å². The number of ketones is 1. The van der Waals surface area contributed by atoms with Crippen molar-refractivity contribution < 1.29 is 76.9 Å². The van der Waals surface area contributed by atoms with Crippen LogP contribution in [0.3, 0.4) is 0 Å². The summed E-state index contributed by atoms with van der Waals surface area (Å²) in [6.45, 7) is 7.80. The average molecular weight is 912 g/mol. The van der Waals surface area contributed by atoms with Gasteiger partial charge in [0.05, 0.1) is 36.7 Å². The fourth-order valence-corrected chi connectivity index (χ4v) is 10.5. The van der Waals surface area contributed by atoms with Crippen LogP contribution in [0.25, 0.3) is 0 Å². The van der Waals surface area contributed by atoms with Gasteiger partial charge >= 0.3 is 30.0 Å². The second-order valence-electron chi connectivity index (χ2n) is 17.9. The number of hydrogen-bond acceptors (Lipinski definition) is 16. The molecule has 7 rings (SSSR count). The Hall–Kier alpha value is -6.43. The first kappa shape index (κ1) is 47.5. The van der Waals surface area contributed by atoms with Crippen LogP contribution >= 0.6 is 0 Å². The molecule has 17 heteroatoms. The summed E-state index contributed by atoms with van der Waals surface area (Å²) in [6, 6.07) is 22.7. The Morgan fingerprint density at radius 1 is 0.803 bits per heavy atom. The van der Waals surface area contributed by atoms with Crippen molar-refractivity contribution in [1.29, 1.82) is 0 Å². The molecule has 3 aliphatic carbocycles. The van der Waals surface area contributed by atoms with Gasteiger partial charge in [0.15, 0.2) is 23.6 Å². The van der Waals surface area contributed by atoms with E-state index < -0.39 is 119 Å². The van der Waals surface area contributed by atoms with Crippen LogP contribution < -0.4 is 5.32 Å². The summed E-state index contributed by atoms with van der Waals surface area (Å²) in [5.41, 5.74) is -7.49. The molecular weight excluding hydrogens is 859 g/mol. The van der Waals surface area contributed by atoms with E-state index in [-0.39, 0.29) is 35.3 Å². The number of fused-ring (bicyclic) bond motifs is 5. The van der Waals surface area contributed by atoms with Gasteiger partial charge in [-0.15, -0.1) is 0 Å². The SMILES string of the molecule is COC(=O)O[C@H]1CC2OC[C@@]2(OC(C)=O)C2C(OC(=O)c3ccccc3)[C@]3(O)C[C@H](OC(=O)[C@H](O)[C@@H](NC(=O)c4ccccc4)c4ccccc4)C(C)=C([C@@H](OC(C)=O)C(=O)[C@@]21C)C3(C)C. The standard InChI is InChI=1S/C49H53NO16/c1-26-32(63-44(57)37(53)36(29-17-11-8-12-18-29)50-42(55)30-19-13-9-14-20-30)24-49(59)41(65-43(56)31-21-15-10-16-22-31)39-47(6,40(54)38(62-27(2)51)35(26)46(49,4)5)33(64-45(58)60-7)23-34-48(39,25-61-34)66-28(3)52/h8-22,32-34,36-39,41,53,59H,23-25H2,1-7H3,(H,50,55)/t32-,33-,34?,36-,37+,38+,39?,41?,47+,48-,49+/m0/s1. The molecule has 350 valence electrons. The van der Waals surface area contributed by atoms with Gasteiger partial charge in [0, 0.05) is 37.7 Å². The van der Waals surface area contributed by atoms with Crippen molar-refractivity contribution in [3.63, 3.8) is 0 Å². The zero-order chi connectivity index (χ0) is 47.9. The highest BCUT2D eigenvalue weighted by molar-refractivity contribution is 5.96. The maximum Gasteiger partial charge on any atom is 0.508 e. The Balaban J connectivity index is 1.42. The minimum absolute atomic E-state index is 0.0336. The van der Waals surface area contributed by atoms with Gasteiger partial charge in [-0.05, 0) is 54.8 Å². The molecule has 3 fully saturated rings. The van der Waals surface area contributed by atoms with Crippen LogP contribution in [-0.4, -0.2) is 113 Å². The maximum absolute atomic E-state index is 15.9. The maximum atomic E-state index is 15.9. The van der Waals surface area contributed by atoms with E-state index in [1.165, 1.54) is 39.8 Å². The summed E-state index contributed by atoms with van der Waals surface area (Å²) < 4.78 is 41.3. The molecule has 0 spiro atoms. The molecule has 11 atom stereocenters. The summed E-state index contributed by atoms with van der Waals surface area (Å²) in [4.78, 5) is 97.6. The molecule has 2 bridgehead atoms. The second kappa shape index (κ2) is 18.1. The van der Waals surface area contributed by atoms with Crippen molar-refractivity contribution in [3.05, 3.63) is 119 Å². The molecule has 0 radical (unpaired) electrons. The van der Waals surface area contributed by atoms with Crippen molar-refractivity contribution in [2.45, 2.75) is 108 Å². The minimum Gasteiger partial charge on any atom is -0.456 e. The first-order valence-electron chi connectivity index (χ1n) is 21.5. The highest BCUT2D eigenvalue weighted by Crippen LogP contribution is 2.65. The largest absolute Gasteiger partial charge is 0.508 e. The van der Waals surface area contributed by atoms with Gasteiger partial charge in [0.1, 0.15) is 30.0 Å². The number of nitrogens with one attached hydrogen (secondary N) is 1. The smallest absolute Gasteiger partial charge is 0.456 e. The van der Waals surface area contributed by atoms with E-state index in [0.29, 0.717) is 5.56 Å². The van der Waals surface area contributed by atoms with E-state index in [2.05, 4.69) is 5.32 Å². The van der Waals surface area contributed by atoms with Crippen LogP contribution in [0.4, 0.5) is 4.79 Å². The molecule has 3 unspecified atom stereocenters. The molecule has 1 aliphatic heterocycles. The van der Waals surface area contributed by atoms with Crippen molar-refractivity contribution in [3.8, 4) is 0 Å². The van der Waals surface area contributed by atoms with E-state index in [9.17, 15) is 39.0 Å². The zero-order valence-electron chi connectivity index (χ0n) is 37.5. The van der Waals surface area contributed by atoms with Crippen LogP contribution in [0.1, 0.15) is 86.7 Å². The Kier molecular flexibility index (Phi) is 13.0. The lowest BCUT2D eigenvalue weighted by Crippen LogP contribution is -2.82. The molecule has 66 heavy (non-hydrogen) atoms. The number of Topliss-reactive ketones (excluding diaryl/α,β-unsaturated/α-hetero) is 1. The van der Waals surface area contributed by atoms with E-state index in [1.807, 2.05) is 0 Å². The van der Waals surface area contributed by atoms with Crippen molar-refractivity contribution in [1.82, 2.24) is 5.32 Å². The van der Waals surface area contributed by atoms with Crippen LogP contribution in [-0.2, 0) is 52.3 Å². The fraction of sp³-hybridized carbons (Fsp3) is 0.449. The Morgan fingerprint density at radius 3 is 1.94 bits per heavy atom. The van der Waals surface area contributed by atoms with Gasteiger partial charge in [-0.3, -0.25) is 19.2 Å². The first-order valence-corrected chi connectivity index (χ1v) is 21.5. The van der Waals surface area contributed by atoms with Gasteiger partial charge < -0.3 is 48.7 Å². The molecule has 1 heterocycles. The molecule has 4 aliphatic rings. The normalized spacial score (nSPS) is 30.5. The number of benzene rings is 3. The Morgan fingerprint density at radius 2 is 1.39 bits per heavy atom.